The summed E-state index contributed by atoms with van der Waals surface area (Å²) in [7, 11) is 3.01. The van der Waals surface area contributed by atoms with E-state index in [-0.39, 0.29) is 35.4 Å². The molecule has 0 spiro atoms. The van der Waals surface area contributed by atoms with Crippen molar-refractivity contribution in [3.05, 3.63) is 124 Å². The highest BCUT2D eigenvalue weighted by Gasteiger charge is 2.70. The van der Waals surface area contributed by atoms with Crippen LogP contribution in [0.1, 0.15) is 29.9 Å². The number of nitrogens with zero attached hydrogens (tertiary/aromatic N) is 2. The van der Waals surface area contributed by atoms with E-state index in [4.69, 9.17) is 32.7 Å². The number of amides is 4. The number of nitrogens with one attached hydrogen (secondary N) is 1. The average Bonchev–Trinajstić information content (AvgIpc) is 3.53. The largest absolute Gasteiger partial charge is 0.508 e. The molecule has 4 aromatic carbocycles. The third-order valence-electron chi connectivity index (χ3n) is 11.1. The summed E-state index contributed by atoms with van der Waals surface area (Å²) < 4.78 is 11.3. The van der Waals surface area contributed by atoms with Gasteiger partial charge in [0.05, 0.1) is 53.8 Å². The van der Waals surface area contributed by atoms with Gasteiger partial charge in [0.25, 0.3) is 11.8 Å². The zero-order chi connectivity index (χ0) is 36.5. The lowest BCUT2D eigenvalue weighted by atomic mass is 9.49. The smallest absolute Gasteiger partial charge is 0.260 e. The zero-order valence-electron chi connectivity index (χ0n) is 28.1. The lowest BCUT2D eigenvalue weighted by Gasteiger charge is -2.50. The molecule has 2 aliphatic heterocycles. The Morgan fingerprint density at radius 3 is 2.27 bits per heavy atom. The summed E-state index contributed by atoms with van der Waals surface area (Å²) >= 11 is 12.7. The van der Waals surface area contributed by atoms with Crippen LogP contribution in [-0.2, 0) is 24.6 Å². The molecule has 3 fully saturated rings. The van der Waals surface area contributed by atoms with Crippen molar-refractivity contribution in [2.24, 2.45) is 23.7 Å². The highest BCUT2D eigenvalue weighted by molar-refractivity contribution is 6.36. The number of phenols is 1. The molecular formula is C40H33Cl2N3O7. The van der Waals surface area contributed by atoms with Crippen LogP contribution < -0.4 is 19.8 Å². The van der Waals surface area contributed by atoms with E-state index in [0.717, 1.165) is 10.6 Å². The Morgan fingerprint density at radius 1 is 0.827 bits per heavy atom. The lowest BCUT2D eigenvalue weighted by molar-refractivity contribution is -0.138. The molecular weight excluding hydrogens is 705 g/mol. The van der Waals surface area contributed by atoms with E-state index in [0.29, 0.717) is 39.0 Å². The molecule has 4 amide bonds. The number of hydrazine groups is 1. The SMILES string of the molecule is COc1ccc(C23C(=O)N(Nc4ccc(Cl)cc4Cl)C(=O)C2CC2C(=CCC4C(=O)N(c5ccccc5)C(=O)C42)C3c2ccc(O)cc2OC)cc1. The van der Waals surface area contributed by atoms with Crippen molar-refractivity contribution in [1.82, 2.24) is 5.01 Å². The molecule has 10 nitrogen and oxygen atoms in total. The molecule has 2 N–H and O–H groups in total. The summed E-state index contributed by atoms with van der Waals surface area (Å²) in [5.41, 5.74) is 4.03. The molecule has 2 aliphatic carbocycles. The van der Waals surface area contributed by atoms with Crippen LogP contribution in [0.5, 0.6) is 17.2 Å². The molecule has 1 saturated carbocycles. The minimum absolute atomic E-state index is 0.0507. The molecule has 264 valence electrons. The second-order valence-electron chi connectivity index (χ2n) is 13.5. The maximum atomic E-state index is 15.4. The normalized spacial score (nSPS) is 26.5. The van der Waals surface area contributed by atoms with E-state index in [1.54, 1.807) is 73.8 Å². The number of hydrogen-bond acceptors (Lipinski definition) is 8. The number of phenolic OH excluding ortho intramolecular Hbond substituents is 1. The van der Waals surface area contributed by atoms with E-state index in [2.05, 4.69) is 5.43 Å². The Hall–Kier alpha value is -5.32. The standard InChI is InChI=1S/C40H33Cl2N3O7/c1-51-25-12-8-21(9-13-25)40-30(37(48)45(39(40)50)43-32-17-10-22(41)18-31(32)42)20-29-26(35(40)27-14-11-24(46)19-33(27)52-2)15-16-28-34(29)38(49)44(36(28)47)23-6-4-3-5-7-23/h3-15,17-19,28-30,34-35,43,46H,16,20H2,1-2H3. The van der Waals surface area contributed by atoms with E-state index >= 15 is 4.79 Å². The number of allylic oxidation sites excluding steroid dienone is 2. The van der Waals surface area contributed by atoms with E-state index in [1.165, 1.54) is 30.2 Å². The van der Waals surface area contributed by atoms with Crippen molar-refractivity contribution in [2.75, 3.05) is 24.5 Å². The molecule has 12 heteroatoms. The first-order chi connectivity index (χ1) is 25.1. The van der Waals surface area contributed by atoms with Gasteiger partial charge in [-0.3, -0.25) is 29.5 Å². The summed E-state index contributed by atoms with van der Waals surface area (Å²) in [5.74, 6) is -4.77. The highest BCUT2D eigenvalue weighted by Crippen LogP contribution is 2.65. The van der Waals surface area contributed by atoms with Gasteiger partial charge >= 0.3 is 0 Å². The van der Waals surface area contributed by atoms with Crippen LogP contribution in [0.3, 0.4) is 0 Å². The Kier molecular flexibility index (Phi) is 8.27. The van der Waals surface area contributed by atoms with Gasteiger partial charge in [-0.2, -0.15) is 5.01 Å². The molecule has 0 aromatic heterocycles. The fourth-order valence-corrected chi connectivity index (χ4v) is 9.41. The predicted octanol–water partition coefficient (Wildman–Crippen LogP) is 6.91. The third-order valence-corrected chi connectivity index (χ3v) is 11.7. The number of rotatable bonds is 7. The summed E-state index contributed by atoms with van der Waals surface area (Å²) in [4.78, 5) is 60.0. The molecule has 6 unspecified atom stereocenters. The second kappa shape index (κ2) is 12.7. The fraction of sp³-hybridized carbons (Fsp3) is 0.250. The van der Waals surface area contributed by atoms with Gasteiger partial charge in [-0.1, -0.05) is 71.2 Å². The van der Waals surface area contributed by atoms with Crippen molar-refractivity contribution >= 4 is 58.2 Å². The number of fused-ring (bicyclic) bond motifs is 4. The minimum Gasteiger partial charge on any atom is -0.508 e. The molecule has 2 heterocycles. The van der Waals surface area contributed by atoms with Crippen molar-refractivity contribution in [3.63, 3.8) is 0 Å². The fourth-order valence-electron chi connectivity index (χ4n) is 8.96. The Labute approximate surface area is 309 Å². The molecule has 0 radical (unpaired) electrons. The van der Waals surface area contributed by atoms with Gasteiger partial charge in [0, 0.05) is 22.6 Å². The Balaban J connectivity index is 1.35. The monoisotopic (exact) mass is 737 g/mol. The van der Waals surface area contributed by atoms with Crippen LogP contribution in [0.25, 0.3) is 0 Å². The van der Waals surface area contributed by atoms with Gasteiger partial charge in [-0.05, 0) is 72.9 Å². The topological polar surface area (TPSA) is 125 Å². The number of methoxy groups -OCH3 is 2. The van der Waals surface area contributed by atoms with E-state index in [9.17, 15) is 19.5 Å². The van der Waals surface area contributed by atoms with Crippen molar-refractivity contribution in [1.29, 1.82) is 0 Å². The molecule has 6 atom stereocenters. The maximum absolute atomic E-state index is 15.4. The van der Waals surface area contributed by atoms with Gasteiger partial charge in [0.2, 0.25) is 11.8 Å². The molecule has 4 aliphatic rings. The van der Waals surface area contributed by atoms with Crippen LogP contribution in [0.2, 0.25) is 10.0 Å². The number of aromatic hydroxyl groups is 1. The van der Waals surface area contributed by atoms with Crippen molar-refractivity contribution < 1.29 is 33.8 Å². The van der Waals surface area contributed by atoms with Crippen LogP contribution in [0, 0.1) is 23.7 Å². The molecule has 8 rings (SSSR count). The summed E-state index contributed by atoms with van der Waals surface area (Å²) in [6, 6.07) is 25.2. The number of carbonyl (C=O) groups excluding carboxylic acids is 4. The lowest BCUT2D eigenvalue weighted by Crippen LogP contribution is -2.53. The Bertz CT molecular complexity index is 2180. The average molecular weight is 739 g/mol. The molecule has 2 saturated heterocycles. The van der Waals surface area contributed by atoms with E-state index in [1.807, 2.05) is 12.1 Å². The number of ether oxygens (including phenoxy) is 2. The van der Waals surface area contributed by atoms with Crippen LogP contribution in [-0.4, -0.2) is 48.0 Å². The first-order valence-corrected chi connectivity index (χ1v) is 17.6. The number of imide groups is 2. The van der Waals surface area contributed by atoms with Gasteiger partial charge < -0.3 is 14.6 Å². The van der Waals surface area contributed by atoms with Crippen molar-refractivity contribution in [3.8, 4) is 17.2 Å². The van der Waals surface area contributed by atoms with Crippen LogP contribution in [0.15, 0.2) is 103 Å². The highest BCUT2D eigenvalue weighted by atomic mass is 35.5. The quantitative estimate of drug-likeness (QED) is 0.155. The first-order valence-electron chi connectivity index (χ1n) is 16.8. The van der Waals surface area contributed by atoms with Crippen LogP contribution in [0.4, 0.5) is 11.4 Å². The number of anilines is 2. The molecule has 52 heavy (non-hydrogen) atoms. The summed E-state index contributed by atoms with van der Waals surface area (Å²) in [5, 5.41) is 12.1. The zero-order valence-corrected chi connectivity index (χ0v) is 29.6. The first kappa shape index (κ1) is 33.8. The van der Waals surface area contributed by atoms with Gasteiger partial charge in [-0.25, -0.2) is 0 Å². The number of hydrogen-bond donors (Lipinski definition) is 2. The molecule has 0 bridgehead atoms. The Morgan fingerprint density at radius 2 is 1.58 bits per heavy atom. The van der Waals surface area contributed by atoms with Crippen LogP contribution >= 0.6 is 23.2 Å². The summed E-state index contributed by atoms with van der Waals surface area (Å²) in [6.45, 7) is 0. The predicted molar refractivity (Wildman–Crippen MR) is 194 cm³/mol. The second-order valence-corrected chi connectivity index (χ2v) is 14.3. The number of carbonyl (C=O) groups is 4. The third kappa shape index (κ3) is 4.92. The number of halogens is 2. The number of benzene rings is 4. The van der Waals surface area contributed by atoms with Crippen molar-refractivity contribution in [2.45, 2.75) is 24.2 Å². The van der Waals surface area contributed by atoms with Gasteiger partial charge in [-0.15, -0.1) is 0 Å². The minimum atomic E-state index is -1.57. The summed E-state index contributed by atoms with van der Waals surface area (Å²) in [6.07, 6.45) is 2.33. The van der Waals surface area contributed by atoms with Gasteiger partial charge in [0.15, 0.2) is 0 Å². The molecule has 4 aromatic rings. The number of para-hydroxylation sites is 1. The van der Waals surface area contributed by atoms with E-state index < -0.39 is 46.8 Å². The maximum Gasteiger partial charge on any atom is 0.260 e. The van der Waals surface area contributed by atoms with Gasteiger partial charge in [0.1, 0.15) is 17.2 Å².